The first-order valence-electron chi connectivity index (χ1n) is 11.4. The number of pyridine rings is 1. The molecule has 2 N–H and O–H groups in total. The summed E-state index contributed by atoms with van der Waals surface area (Å²) < 4.78 is 67.3. The average Bonchev–Trinajstić information content (AvgIpc) is 3.25. The number of nitrogens with two attached hydrogens (primary N) is 1. The van der Waals surface area contributed by atoms with Gasteiger partial charge in [0.2, 0.25) is 0 Å². The fourth-order valence-corrected chi connectivity index (χ4v) is 4.76. The number of benzene rings is 2. The molecule has 4 aromatic rings. The van der Waals surface area contributed by atoms with Crippen molar-refractivity contribution in [3.05, 3.63) is 59.0 Å². The van der Waals surface area contributed by atoms with Crippen LogP contribution in [0.3, 0.4) is 0 Å². The lowest BCUT2D eigenvalue weighted by molar-refractivity contribution is -0.137. The minimum atomic E-state index is -4.54. The number of hydrogen-bond donors (Lipinski definition) is 1. The highest BCUT2D eigenvalue weighted by atomic mass is 19.4. The zero-order valence-corrected chi connectivity index (χ0v) is 20.0. The molecular formula is C25H23F4N5O3. The Morgan fingerprint density at radius 3 is 2.78 bits per heavy atom. The molecule has 37 heavy (non-hydrogen) atoms. The van der Waals surface area contributed by atoms with E-state index in [1.165, 1.54) is 24.1 Å². The number of aromatic nitrogens is 3. The van der Waals surface area contributed by atoms with Crippen LogP contribution in [0.4, 0.5) is 23.4 Å². The van der Waals surface area contributed by atoms with Crippen LogP contribution in [-0.4, -0.2) is 52.4 Å². The number of carbonyl (C=O) groups is 1. The number of alkyl halides is 3. The molecular weight excluding hydrogens is 494 g/mol. The first-order chi connectivity index (χ1) is 17.6. The summed E-state index contributed by atoms with van der Waals surface area (Å²) in [5.41, 5.74) is 6.22. The van der Waals surface area contributed by atoms with Gasteiger partial charge >= 0.3 is 6.18 Å². The maximum Gasteiger partial charge on any atom is 0.416 e. The number of nitrogens with zero attached hydrogens (tertiary/aromatic N) is 4. The van der Waals surface area contributed by atoms with E-state index in [0.29, 0.717) is 28.3 Å². The van der Waals surface area contributed by atoms with E-state index in [0.717, 1.165) is 18.2 Å². The summed E-state index contributed by atoms with van der Waals surface area (Å²) in [6.45, 7) is 0.312. The summed E-state index contributed by atoms with van der Waals surface area (Å²) in [5.74, 6) is -1.21. The molecule has 2 aromatic heterocycles. The van der Waals surface area contributed by atoms with Gasteiger partial charge in [0.15, 0.2) is 0 Å². The second-order valence-electron chi connectivity index (χ2n) is 8.77. The predicted molar refractivity (Wildman–Crippen MR) is 128 cm³/mol. The second kappa shape index (κ2) is 9.18. The van der Waals surface area contributed by atoms with Crippen molar-refractivity contribution in [2.75, 3.05) is 32.6 Å². The molecule has 0 aliphatic carbocycles. The van der Waals surface area contributed by atoms with E-state index in [2.05, 4.69) is 10.1 Å². The van der Waals surface area contributed by atoms with Crippen LogP contribution in [0.15, 0.2) is 36.5 Å². The molecule has 1 aliphatic rings. The van der Waals surface area contributed by atoms with Crippen LogP contribution in [0.5, 0.6) is 5.75 Å². The zero-order chi connectivity index (χ0) is 26.5. The molecule has 12 heteroatoms. The number of anilines is 1. The monoisotopic (exact) mass is 517 g/mol. The normalized spacial score (nSPS) is 15.6. The van der Waals surface area contributed by atoms with Gasteiger partial charge in [-0.3, -0.25) is 9.48 Å². The third-order valence-electron chi connectivity index (χ3n) is 6.55. The molecule has 194 valence electrons. The summed E-state index contributed by atoms with van der Waals surface area (Å²) in [6.07, 6.45) is -2.69. The molecule has 0 spiro atoms. The van der Waals surface area contributed by atoms with Gasteiger partial charge in [-0.05, 0) is 18.2 Å². The van der Waals surface area contributed by atoms with Crippen molar-refractivity contribution in [2.24, 2.45) is 7.05 Å². The van der Waals surface area contributed by atoms with E-state index in [1.807, 2.05) is 0 Å². The van der Waals surface area contributed by atoms with Gasteiger partial charge in [0.25, 0.3) is 5.91 Å². The quantitative estimate of drug-likeness (QED) is 0.393. The Kier molecular flexibility index (Phi) is 6.14. The SMILES string of the molecule is COCCN(C(=O)c1cc2c(cc1F)nc(N)c1cnn(C)c12)C1CCOc2cc(C(F)(F)F)ccc21. The summed E-state index contributed by atoms with van der Waals surface area (Å²) in [4.78, 5) is 19.5. The minimum Gasteiger partial charge on any atom is -0.493 e. The third kappa shape index (κ3) is 4.31. The largest absolute Gasteiger partial charge is 0.493 e. The molecule has 0 bridgehead atoms. The number of amides is 1. The van der Waals surface area contributed by atoms with E-state index < -0.39 is 29.5 Å². The summed E-state index contributed by atoms with van der Waals surface area (Å²) in [6, 6.07) is 5.09. The van der Waals surface area contributed by atoms with E-state index in [1.54, 1.807) is 17.9 Å². The molecule has 0 saturated carbocycles. The number of aryl methyl sites for hydroxylation is 1. The molecule has 1 amide bonds. The van der Waals surface area contributed by atoms with Crippen molar-refractivity contribution in [1.82, 2.24) is 19.7 Å². The molecule has 1 atom stereocenters. The molecule has 1 aliphatic heterocycles. The van der Waals surface area contributed by atoms with Crippen molar-refractivity contribution in [3.8, 4) is 5.75 Å². The first kappa shape index (κ1) is 24.8. The predicted octanol–water partition coefficient (Wildman–Crippen LogP) is 4.47. The molecule has 1 unspecified atom stereocenters. The van der Waals surface area contributed by atoms with Crippen LogP contribution in [0.1, 0.15) is 33.9 Å². The lowest BCUT2D eigenvalue weighted by atomic mass is 9.96. The van der Waals surface area contributed by atoms with Crippen molar-refractivity contribution in [2.45, 2.75) is 18.6 Å². The van der Waals surface area contributed by atoms with Crippen molar-refractivity contribution in [3.63, 3.8) is 0 Å². The Morgan fingerprint density at radius 1 is 1.27 bits per heavy atom. The van der Waals surface area contributed by atoms with Crippen LogP contribution >= 0.6 is 0 Å². The number of carbonyl (C=O) groups excluding carboxylic acids is 1. The Hall–Kier alpha value is -3.93. The number of fused-ring (bicyclic) bond motifs is 4. The summed E-state index contributed by atoms with van der Waals surface area (Å²) >= 11 is 0. The van der Waals surface area contributed by atoms with Crippen molar-refractivity contribution >= 4 is 33.5 Å². The first-order valence-corrected chi connectivity index (χ1v) is 11.4. The van der Waals surface area contributed by atoms with Crippen LogP contribution in [0.25, 0.3) is 21.8 Å². The average molecular weight is 517 g/mol. The lowest BCUT2D eigenvalue weighted by Gasteiger charge is -2.36. The molecule has 0 fully saturated rings. The molecule has 5 rings (SSSR count). The second-order valence-corrected chi connectivity index (χ2v) is 8.77. The van der Waals surface area contributed by atoms with Crippen LogP contribution in [0, 0.1) is 5.82 Å². The van der Waals surface area contributed by atoms with Gasteiger partial charge < -0.3 is 20.1 Å². The topological polar surface area (TPSA) is 95.5 Å². The highest BCUT2D eigenvalue weighted by Crippen LogP contribution is 2.41. The molecule has 0 radical (unpaired) electrons. The smallest absolute Gasteiger partial charge is 0.416 e. The van der Waals surface area contributed by atoms with E-state index >= 15 is 4.39 Å². The Morgan fingerprint density at radius 2 is 2.05 bits per heavy atom. The molecule has 8 nitrogen and oxygen atoms in total. The number of methoxy groups -OCH3 is 1. The van der Waals surface area contributed by atoms with Gasteiger partial charge in [0.05, 0.1) is 53.0 Å². The summed E-state index contributed by atoms with van der Waals surface area (Å²) in [5, 5.41) is 5.25. The standard InChI is InChI=1S/C25H23F4N5O3/c1-33-22-16-10-15(18(26)11-19(16)32-23(30)17(22)12-31-33)24(35)34(6-8-36-2)20-5-7-37-21-9-13(25(27,28)29)3-4-14(20)21/h3-4,9-12,20H,5-8H2,1-2H3,(H2,30,32). The fraction of sp³-hybridized carbons (Fsp3) is 0.320. The molecule has 3 heterocycles. The number of rotatable bonds is 5. The molecule has 2 aromatic carbocycles. The van der Waals surface area contributed by atoms with Gasteiger partial charge in [-0.2, -0.15) is 18.3 Å². The van der Waals surface area contributed by atoms with Crippen molar-refractivity contribution < 1.29 is 31.8 Å². The summed E-state index contributed by atoms with van der Waals surface area (Å²) in [7, 11) is 3.16. The highest BCUT2D eigenvalue weighted by Gasteiger charge is 2.36. The van der Waals surface area contributed by atoms with Crippen LogP contribution in [-0.2, 0) is 18.0 Å². The lowest BCUT2D eigenvalue weighted by Crippen LogP contribution is -2.40. The maximum atomic E-state index is 15.3. The highest BCUT2D eigenvalue weighted by molar-refractivity contribution is 6.10. The van der Waals surface area contributed by atoms with Gasteiger partial charge in [0.1, 0.15) is 17.4 Å². The van der Waals surface area contributed by atoms with Gasteiger partial charge in [-0.1, -0.05) is 6.07 Å². The van der Waals surface area contributed by atoms with Gasteiger partial charge in [0, 0.05) is 44.1 Å². The number of hydrogen-bond acceptors (Lipinski definition) is 6. The van der Waals surface area contributed by atoms with Crippen LogP contribution in [0.2, 0.25) is 0 Å². The Labute approximate surface area is 208 Å². The number of nitrogen functional groups attached to an aromatic ring is 1. The fourth-order valence-electron chi connectivity index (χ4n) is 4.76. The maximum absolute atomic E-state index is 15.3. The van der Waals surface area contributed by atoms with E-state index in [4.69, 9.17) is 15.2 Å². The Bertz CT molecular complexity index is 1520. The van der Waals surface area contributed by atoms with Gasteiger partial charge in [-0.15, -0.1) is 0 Å². The van der Waals surface area contributed by atoms with Crippen molar-refractivity contribution in [1.29, 1.82) is 0 Å². The third-order valence-corrected chi connectivity index (χ3v) is 6.55. The minimum absolute atomic E-state index is 0.0385. The zero-order valence-electron chi connectivity index (χ0n) is 20.0. The Balaban J connectivity index is 1.61. The van der Waals surface area contributed by atoms with E-state index in [9.17, 15) is 18.0 Å². The number of ether oxygens (including phenoxy) is 2. The van der Waals surface area contributed by atoms with E-state index in [-0.39, 0.29) is 42.4 Å². The van der Waals surface area contributed by atoms with Crippen LogP contribution < -0.4 is 10.5 Å². The number of halogens is 4. The molecule has 0 saturated heterocycles. The van der Waals surface area contributed by atoms with Gasteiger partial charge in [-0.25, -0.2) is 9.37 Å².